The SMILES string of the molecule is CC(CC(=O)Nc1ncn[nH]1)c1ccccc1. The number of anilines is 1. The number of amides is 1. The molecule has 1 aromatic heterocycles. The normalized spacial score (nSPS) is 12.1. The monoisotopic (exact) mass is 230 g/mol. The Labute approximate surface area is 99.3 Å². The minimum atomic E-state index is -0.0712. The summed E-state index contributed by atoms with van der Waals surface area (Å²) in [5.41, 5.74) is 1.15. The molecule has 88 valence electrons. The lowest BCUT2D eigenvalue weighted by molar-refractivity contribution is -0.116. The van der Waals surface area contributed by atoms with Gasteiger partial charge in [0.1, 0.15) is 6.33 Å². The number of aromatic nitrogens is 3. The van der Waals surface area contributed by atoms with Crippen LogP contribution in [0.1, 0.15) is 24.8 Å². The van der Waals surface area contributed by atoms with Gasteiger partial charge in [-0.05, 0) is 11.5 Å². The van der Waals surface area contributed by atoms with Crippen molar-refractivity contribution in [1.82, 2.24) is 15.2 Å². The Hall–Kier alpha value is -2.17. The molecule has 1 aromatic carbocycles. The van der Waals surface area contributed by atoms with Crippen molar-refractivity contribution >= 4 is 11.9 Å². The minimum Gasteiger partial charge on any atom is -0.295 e. The number of carbonyl (C=O) groups excluding carboxylic acids is 1. The molecule has 1 heterocycles. The Bertz CT molecular complexity index is 467. The third-order valence-corrected chi connectivity index (χ3v) is 2.53. The van der Waals surface area contributed by atoms with Gasteiger partial charge in [0.25, 0.3) is 0 Å². The zero-order chi connectivity index (χ0) is 12.1. The molecule has 1 amide bonds. The molecule has 0 aliphatic heterocycles. The van der Waals surface area contributed by atoms with Crippen LogP contribution in [0.4, 0.5) is 5.95 Å². The standard InChI is InChI=1S/C12H14N4O/c1-9(10-5-3-2-4-6-10)7-11(17)15-12-13-8-14-16-12/h2-6,8-9H,7H2,1H3,(H2,13,14,15,16,17). The first-order valence-corrected chi connectivity index (χ1v) is 5.46. The molecular weight excluding hydrogens is 216 g/mol. The van der Waals surface area contributed by atoms with E-state index >= 15 is 0 Å². The number of nitrogens with zero attached hydrogens (tertiary/aromatic N) is 2. The Morgan fingerprint density at radius 3 is 2.82 bits per heavy atom. The summed E-state index contributed by atoms with van der Waals surface area (Å²) in [4.78, 5) is 15.5. The lowest BCUT2D eigenvalue weighted by atomic mass is 9.98. The highest BCUT2D eigenvalue weighted by Crippen LogP contribution is 2.18. The molecule has 1 unspecified atom stereocenters. The number of H-pyrrole nitrogens is 1. The maximum atomic E-state index is 11.7. The van der Waals surface area contributed by atoms with E-state index in [2.05, 4.69) is 20.5 Å². The Kier molecular flexibility index (Phi) is 3.49. The Morgan fingerprint density at radius 1 is 1.41 bits per heavy atom. The number of nitrogens with one attached hydrogen (secondary N) is 2. The average Bonchev–Trinajstić information content (AvgIpc) is 2.82. The number of hydrogen-bond acceptors (Lipinski definition) is 3. The van der Waals surface area contributed by atoms with Crippen LogP contribution in [0.5, 0.6) is 0 Å². The zero-order valence-electron chi connectivity index (χ0n) is 9.55. The second-order valence-corrected chi connectivity index (χ2v) is 3.90. The van der Waals surface area contributed by atoms with Gasteiger partial charge in [-0.2, -0.15) is 10.1 Å². The molecule has 5 heteroatoms. The van der Waals surface area contributed by atoms with Crippen LogP contribution in [0.3, 0.4) is 0 Å². The van der Waals surface area contributed by atoms with Crippen LogP contribution in [-0.4, -0.2) is 21.1 Å². The molecule has 0 fully saturated rings. The summed E-state index contributed by atoms with van der Waals surface area (Å²) in [6.07, 6.45) is 1.78. The molecule has 2 rings (SSSR count). The topological polar surface area (TPSA) is 70.7 Å². The molecule has 2 aromatic rings. The van der Waals surface area contributed by atoms with Crippen LogP contribution >= 0.6 is 0 Å². The predicted molar refractivity (Wildman–Crippen MR) is 64.5 cm³/mol. The third-order valence-electron chi connectivity index (χ3n) is 2.53. The van der Waals surface area contributed by atoms with Gasteiger partial charge >= 0.3 is 0 Å². The highest BCUT2D eigenvalue weighted by Gasteiger charge is 2.11. The Morgan fingerprint density at radius 2 is 2.18 bits per heavy atom. The second-order valence-electron chi connectivity index (χ2n) is 3.90. The molecule has 1 atom stereocenters. The summed E-state index contributed by atoms with van der Waals surface area (Å²) in [5, 5.41) is 8.90. The predicted octanol–water partition coefficient (Wildman–Crippen LogP) is 1.94. The third kappa shape index (κ3) is 3.14. The largest absolute Gasteiger partial charge is 0.295 e. The fourth-order valence-corrected chi connectivity index (χ4v) is 1.63. The van der Waals surface area contributed by atoms with Gasteiger partial charge in [0.2, 0.25) is 11.9 Å². The molecule has 0 saturated carbocycles. The summed E-state index contributed by atoms with van der Waals surface area (Å²) in [6, 6.07) is 9.95. The van der Waals surface area contributed by atoms with Crippen molar-refractivity contribution in [2.24, 2.45) is 0 Å². The second kappa shape index (κ2) is 5.25. The van der Waals surface area contributed by atoms with E-state index in [1.54, 1.807) is 0 Å². The van der Waals surface area contributed by atoms with Gasteiger partial charge in [-0.25, -0.2) is 5.10 Å². The minimum absolute atomic E-state index is 0.0712. The average molecular weight is 230 g/mol. The van der Waals surface area contributed by atoms with Crippen molar-refractivity contribution in [3.8, 4) is 0 Å². The van der Waals surface area contributed by atoms with Crippen LogP contribution in [0.25, 0.3) is 0 Å². The van der Waals surface area contributed by atoms with Crippen molar-refractivity contribution in [3.05, 3.63) is 42.2 Å². The maximum absolute atomic E-state index is 11.7. The zero-order valence-corrected chi connectivity index (χ0v) is 9.55. The number of hydrogen-bond donors (Lipinski definition) is 2. The van der Waals surface area contributed by atoms with E-state index in [-0.39, 0.29) is 11.8 Å². The summed E-state index contributed by atoms with van der Waals surface area (Å²) in [5.74, 6) is 0.493. The number of aromatic amines is 1. The first-order chi connectivity index (χ1) is 8.25. The number of rotatable bonds is 4. The highest BCUT2D eigenvalue weighted by atomic mass is 16.1. The number of benzene rings is 1. The quantitative estimate of drug-likeness (QED) is 0.843. The Balaban J connectivity index is 1.91. The maximum Gasteiger partial charge on any atom is 0.227 e. The van der Waals surface area contributed by atoms with Crippen LogP contribution in [-0.2, 0) is 4.79 Å². The summed E-state index contributed by atoms with van der Waals surface area (Å²) in [7, 11) is 0. The van der Waals surface area contributed by atoms with Crippen LogP contribution < -0.4 is 5.32 Å². The van der Waals surface area contributed by atoms with Crippen molar-refractivity contribution < 1.29 is 4.79 Å². The van der Waals surface area contributed by atoms with Gasteiger partial charge in [-0.15, -0.1) is 0 Å². The number of carbonyl (C=O) groups is 1. The summed E-state index contributed by atoms with van der Waals surface area (Å²) >= 11 is 0. The molecule has 5 nitrogen and oxygen atoms in total. The van der Waals surface area contributed by atoms with Crippen molar-refractivity contribution in [2.75, 3.05) is 5.32 Å². The molecule has 0 aliphatic carbocycles. The molecule has 0 aliphatic rings. The molecule has 0 radical (unpaired) electrons. The van der Waals surface area contributed by atoms with Gasteiger partial charge in [0.15, 0.2) is 0 Å². The lowest BCUT2D eigenvalue weighted by Crippen LogP contribution is -2.15. The molecule has 0 saturated heterocycles. The molecule has 17 heavy (non-hydrogen) atoms. The van der Waals surface area contributed by atoms with E-state index in [1.807, 2.05) is 37.3 Å². The first-order valence-electron chi connectivity index (χ1n) is 5.46. The van der Waals surface area contributed by atoms with Crippen LogP contribution in [0.15, 0.2) is 36.7 Å². The van der Waals surface area contributed by atoms with E-state index < -0.39 is 0 Å². The lowest BCUT2D eigenvalue weighted by Gasteiger charge is -2.10. The van der Waals surface area contributed by atoms with Crippen molar-refractivity contribution in [1.29, 1.82) is 0 Å². The van der Waals surface area contributed by atoms with Gasteiger partial charge in [-0.1, -0.05) is 37.3 Å². The van der Waals surface area contributed by atoms with E-state index in [0.29, 0.717) is 12.4 Å². The van der Waals surface area contributed by atoms with E-state index in [1.165, 1.54) is 6.33 Å². The smallest absolute Gasteiger partial charge is 0.227 e. The highest BCUT2D eigenvalue weighted by molar-refractivity contribution is 5.89. The van der Waals surface area contributed by atoms with Gasteiger partial charge in [0.05, 0.1) is 0 Å². The van der Waals surface area contributed by atoms with Gasteiger partial charge in [0, 0.05) is 6.42 Å². The van der Waals surface area contributed by atoms with Crippen molar-refractivity contribution in [2.45, 2.75) is 19.3 Å². The molecular formula is C12H14N4O. The van der Waals surface area contributed by atoms with Crippen molar-refractivity contribution in [3.63, 3.8) is 0 Å². The summed E-state index contributed by atoms with van der Waals surface area (Å²) in [6.45, 7) is 2.02. The summed E-state index contributed by atoms with van der Waals surface area (Å²) < 4.78 is 0. The van der Waals surface area contributed by atoms with Crippen LogP contribution in [0, 0.1) is 0 Å². The van der Waals surface area contributed by atoms with Gasteiger partial charge in [-0.3, -0.25) is 10.1 Å². The van der Waals surface area contributed by atoms with Crippen LogP contribution in [0.2, 0.25) is 0 Å². The first kappa shape index (κ1) is 11.3. The van der Waals surface area contributed by atoms with E-state index in [4.69, 9.17) is 0 Å². The van der Waals surface area contributed by atoms with Gasteiger partial charge < -0.3 is 0 Å². The molecule has 0 spiro atoms. The molecule has 0 bridgehead atoms. The van der Waals surface area contributed by atoms with E-state index in [9.17, 15) is 4.79 Å². The molecule has 2 N–H and O–H groups in total. The fraction of sp³-hybridized carbons (Fsp3) is 0.250. The fourth-order valence-electron chi connectivity index (χ4n) is 1.63. The van der Waals surface area contributed by atoms with E-state index in [0.717, 1.165) is 5.56 Å².